The van der Waals surface area contributed by atoms with Gasteiger partial charge in [-0.15, -0.1) is 0 Å². The molecule has 6 nitrogen and oxygen atoms in total. The van der Waals surface area contributed by atoms with Crippen molar-refractivity contribution in [2.75, 3.05) is 46.8 Å². The number of rotatable bonds is 3. The highest BCUT2D eigenvalue weighted by Crippen LogP contribution is 2.12. The first-order chi connectivity index (χ1) is 9.99. The molecule has 1 aliphatic rings. The number of hydrogen-bond donors (Lipinski definition) is 1. The Morgan fingerprint density at radius 1 is 1.24 bits per heavy atom. The van der Waals surface area contributed by atoms with E-state index in [9.17, 15) is 9.59 Å². The van der Waals surface area contributed by atoms with E-state index in [0.717, 1.165) is 37.3 Å². The molecule has 2 amide bonds. The van der Waals surface area contributed by atoms with Crippen LogP contribution in [0.3, 0.4) is 0 Å². The van der Waals surface area contributed by atoms with Crippen LogP contribution in [0.15, 0.2) is 12.3 Å². The number of hydrogen-bond acceptors (Lipinski definition) is 3. The molecule has 1 N–H and O–H groups in total. The van der Waals surface area contributed by atoms with Gasteiger partial charge in [0.2, 0.25) is 5.91 Å². The van der Waals surface area contributed by atoms with Crippen LogP contribution < -0.4 is 0 Å². The maximum absolute atomic E-state index is 12.5. The Balaban J connectivity index is 1.93. The molecule has 1 saturated heterocycles. The SMILES string of the molecule is Cc1[nH]ccc1C(=O)N1CCCN(CC(=O)N(C)C)CC1. The van der Waals surface area contributed by atoms with Crippen molar-refractivity contribution in [3.8, 4) is 0 Å². The van der Waals surface area contributed by atoms with E-state index in [1.807, 2.05) is 17.9 Å². The van der Waals surface area contributed by atoms with E-state index in [1.54, 1.807) is 25.2 Å². The molecule has 1 aromatic rings. The van der Waals surface area contributed by atoms with Crippen LogP contribution in [-0.2, 0) is 4.79 Å². The number of nitrogens with one attached hydrogen (secondary N) is 1. The summed E-state index contributed by atoms with van der Waals surface area (Å²) in [6.45, 7) is 5.36. The van der Waals surface area contributed by atoms with Crippen LogP contribution in [-0.4, -0.2) is 78.3 Å². The number of aryl methyl sites for hydroxylation is 1. The highest BCUT2D eigenvalue weighted by atomic mass is 16.2. The summed E-state index contributed by atoms with van der Waals surface area (Å²) in [5.41, 5.74) is 1.65. The van der Waals surface area contributed by atoms with Crippen molar-refractivity contribution in [2.45, 2.75) is 13.3 Å². The van der Waals surface area contributed by atoms with Gasteiger partial charge in [0.05, 0.1) is 12.1 Å². The first-order valence-electron chi connectivity index (χ1n) is 7.35. The number of carbonyl (C=O) groups excluding carboxylic acids is 2. The largest absolute Gasteiger partial charge is 0.365 e. The van der Waals surface area contributed by atoms with Crippen LogP contribution >= 0.6 is 0 Å². The molecule has 0 atom stereocenters. The summed E-state index contributed by atoms with van der Waals surface area (Å²) in [5, 5.41) is 0. The van der Waals surface area contributed by atoms with Gasteiger partial charge in [0.1, 0.15) is 0 Å². The molecule has 0 aliphatic carbocycles. The van der Waals surface area contributed by atoms with E-state index >= 15 is 0 Å². The van der Waals surface area contributed by atoms with Gasteiger partial charge in [0.25, 0.3) is 5.91 Å². The molecule has 2 rings (SSSR count). The van der Waals surface area contributed by atoms with Crippen molar-refractivity contribution in [3.63, 3.8) is 0 Å². The minimum atomic E-state index is 0.0783. The van der Waals surface area contributed by atoms with Gasteiger partial charge in [-0.05, 0) is 19.4 Å². The molecule has 0 unspecified atom stereocenters. The van der Waals surface area contributed by atoms with Crippen molar-refractivity contribution < 1.29 is 9.59 Å². The monoisotopic (exact) mass is 292 g/mol. The highest BCUT2D eigenvalue weighted by Gasteiger charge is 2.22. The van der Waals surface area contributed by atoms with Gasteiger partial charge >= 0.3 is 0 Å². The lowest BCUT2D eigenvalue weighted by Gasteiger charge is -2.22. The molecule has 0 aromatic carbocycles. The predicted octanol–water partition coefficient (Wildman–Crippen LogP) is 0.559. The highest BCUT2D eigenvalue weighted by molar-refractivity contribution is 5.95. The molecule has 2 heterocycles. The minimum absolute atomic E-state index is 0.0783. The third-order valence-corrected chi connectivity index (χ3v) is 3.92. The fourth-order valence-corrected chi connectivity index (χ4v) is 2.52. The van der Waals surface area contributed by atoms with Gasteiger partial charge in [0.15, 0.2) is 0 Å². The Morgan fingerprint density at radius 2 is 2.00 bits per heavy atom. The van der Waals surface area contributed by atoms with Crippen LogP contribution in [0.2, 0.25) is 0 Å². The van der Waals surface area contributed by atoms with Crippen molar-refractivity contribution in [1.82, 2.24) is 19.7 Å². The quantitative estimate of drug-likeness (QED) is 0.885. The fraction of sp³-hybridized carbons (Fsp3) is 0.600. The van der Waals surface area contributed by atoms with Crippen molar-refractivity contribution in [2.24, 2.45) is 0 Å². The molecule has 0 radical (unpaired) electrons. The van der Waals surface area contributed by atoms with Gasteiger partial charge in [0, 0.05) is 52.2 Å². The summed E-state index contributed by atoms with van der Waals surface area (Å²) in [5.74, 6) is 0.186. The Hall–Kier alpha value is -1.82. The van der Waals surface area contributed by atoms with Crippen molar-refractivity contribution >= 4 is 11.8 Å². The topological polar surface area (TPSA) is 59.7 Å². The van der Waals surface area contributed by atoms with Crippen LogP contribution in [0.25, 0.3) is 0 Å². The van der Waals surface area contributed by atoms with E-state index in [0.29, 0.717) is 13.1 Å². The zero-order valence-corrected chi connectivity index (χ0v) is 13.1. The molecule has 1 aliphatic heterocycles. The molecule has 0 bridgehead atoms. The third kappa shape index (κ3) is 3.85. The minimum Gasteiger partial charge on any atom is -0.365 e. The molecular formula is C15H24N4O2. The number of nitrogens with zero attached hydrogens (tertiary/aromatic N) is 3. The van der Waals surface area contributed by atoms with E-state index in [1.165, 1.54) is 0 Å². The summed E-state index contributed by atoms with van der Waals surface area (Å²) >= 11 is 0. The molecule has 0 saturated carbocycles. The lowest BCUT2D eigenvalue weighted by atomic mass is 10.2. The molecule has 1 fully saturated rings. The van der Waals surface area contributed by atoms with E-state index in [2.05, 4.69) is 9.88 Å². The number of aromatic amines is 1. The van der Waals surface area contributed by atoms with Crippen LogP contribution in [0.5, 0.6) is 0 Å². The maximum Gasteiger partial charge on any atom is 0.255 e. The summed E-state index contributed by atoms with van der Waals surface area (Å²) in [4.78, 5) is 32.9. The van der Waals surface area contributed by atoms with E-state index in [4.69, 9.17) is 0 Å². The Bertz CT molecular complexity index is 510. The number of aromatic nitrogens is 1. The summed E-state index contributed by atoms with van der Waals surface area (Å²) in [7, 11) is 3.54. The van der Waals surface area contributed by atoms with Crippen molar-refractivity contribution in [1.29, 1.82) is 0 Å². The second-order valence-electron chi connectivity index (χ2n) is 5.73. The number of carbonyl (C=O) groups is 2. The first kappa shape index (κ1) is 15.6. The molecule has 116 valence electrons. The average Bonchev–Trinajstić information content (AvgIpc) is 2.73. The van der Waals surface area contributed by atoms with Crippen molar-refractivity contribution in [3.05, 3.63) is 23.5 Å². The molecule has 1 aromatic heterocycles. The van der Waals surface area contributed by atoms with Gasteiger partial charge < -0.3 is 14.8 Å². The van der Waals surface area contributed by atoms with Gasteiger partial charge in [-0.2, -0.15) is 0 Å². The average molecular weight is 292 g/mol. The first-order valence-corrected chi connectivity index (χ1v) is 7.35. The smallest absolute Gasteiger partial charge is 0.255 e. The normalized spacial score (nSPS) is 16.6. The standard InChI is InChI=1S/C15H24N4O2/c1-12-13(5-6-16-12)15(21)19-8-4-7-18(9-10-19)11-14(20)17(2)3/h5-6,16H,4,7-11H2,1-3H3. The van der Waals surface area contributed by atoms with E-state index in [-0.39, 0.29) is 11.8 Å². The lowest BCUT2D eigenvalue weighted by molar-refractivity contribution is -0.129. The van der Waals surface area contributed by atoms with Crippen LogP contribution in [0.4, 0.5) is 0 Å². The van der Waals surface area contributed by atoms with Gasteiger partial charge in [-0.3, -0.25) is 14.5 Å². The lowest BCUT2D eigenvalue weighted by Crippen LogP contribution is -2.39. The second kappa shape index (κ2) is 6.76. The summed E-state index contributed by atoms with van der Waals surface area (Å²) in [6, 6.07) is 1.83. The van der Waals surface area contributed by atoms with Gasteiger partial charge in [-0.1, -0.05) is 0 Å². The fourth-order valence-electron chi connectivity index (χ4n) is 2.52. The zero-order chi connectivity index (χ0) is 15.4. The summed E-state index contributed by atoms with van der Waals surface area (Å²) in [6.07, 6.45) is 2.69. The van der Waals surface area contributed by atoms with E-state index < -0.39 is 0 Å². The number of amides is 2. The molecular weight excluding hydrogens is 268 g/mol. The molecule has 0 spiro atoms. The summed E-state index contributed by atoms with van der Waals surface area (Å²) < 4.78 is 0. The zero-order valence-electron chi connectivity index (χ0n) is 13.1. The van der Waals surface area contributed by atoms with Crippen LogP contribution in [0.1, 0.15) is 22.5 Å². The number of likely N-dealkylation sites (N-methyl/N-ethyl adjacent to an activating group) is 1. The van der Waals surface area contributed by atoms with Crippen LogP contribution in [0, 0.1) is 6.92 Å². The predicted molar refractivity (Wildman–Crippen MR) is 81.2 cm³/mol. The molecule has 21 heavy (non-hydrogen) atoms. The Morgan fingerprint density at radius 3 is 2.62 bits per heavy atom. The number of H-pyrrole nitrogens is 1. The third-order valence-electron chi connectivity index (χ3n) is 3.92. The molecule has 6 heteroatoms. The Labute approximate surface area is 125 Å². The Kier molecular flexibility index (Phi) is 5.01. The maximum atomic E-state index is 12.5. The van der Waals surface area contributed by atoms with Gasteiger partial charge in [-0.25, -0.2) is 0 Å². The second-order valence-corrected chi connectivity index (χ2v) is 5.73.